The van der Waals surface area contributed by atoms with E-state index in [-0.39, 0.29) is 0 Å². The van der Waals surface area contributed by atoms with Crippen molar-refractivity contribution in [2.75, 3.05) is 5.75 Å². The fourth-order valence-electron chi connectivity index (χ4n) is 0.595. The average Bonchev–Trinajstić information content (AvgIpc) is 2.09. The highest BCUT2D eigenvalue weighted by molar-refractivity contribution is 7.99. The summed E-state index contributed by atoms with van der Waals surface area (Å²) in [6.07, 6.45) is 5.84. The van der Waals surface area contributed by atoms with Crippen LogP contribution in [0.25, 0.3) is 0 Å². The number of thioether (sulfide) groups is 1. The molecule has 0 aliphatic rings. The zero-order chi connectivity index (χ0) is 8.81. The van der Waals surface area contributed by atoms with Gasteiger partial charge in [0.05, 0.1) is 0 Å². The van der Waals surface area contributed by atoms with Crippen molar-refractivity contribution in [1.29, 1.82) is 0 Å². The Bertz CT molecular complexity index is 278. The normalized spacial score (nSPS) is 9.33. The molecule has 0 amide bonds. The molecule has 0 aliphatic heterocycles. The van der Waals surface area contributed by atoms with Gasteiger partial charge in [-0.25, -0.2) is 0 Å². The van der Waals surface area contributed by atoms with Gasteiger partial charge >= 0.3 is 0 Å². The Morgan fingerprint density at radius 3 is 2.92 bits per heavy atom. The first-order valence-corrected chi connectivity index (χ1v) is 4.75. The summed E-state index contributed by atoms with van der Waals surface area (Å²) in [4.78, 5) is 0. The van der Waals surface area contributed by atoms with Gasteiger partial charge in [0, 0.05) is 12.2 Å². The van der Waals surface area contributed by atoms with Crippen LogP contribution in [0, 0.1) is 12.3 Å². The molecule has 0 unspecified atom stereocenters. The van der Waals surface area contributed by atoms with Gasteiger partial charge in [0.2, 0.25) is 0 Å². The lowest BCUT2D eigenvalue weighted by atomic mass is 10.5. The molecule has 62 valence electrons. The number of hydrogen-bond donors (Lipinski definition) is 0. The monoisotopic (exact) mass is 198 g/mol. The highest BCUT2D eigenvalue weighted by atomic mass is 35.5. The number of halogens is 1. The summed E-state index contributed by atoms with van der Waals surface area (Å²) in [6.45, 7) is 0. The van der Waals surface area contributed by atoms with Crippen LogP contribution in [0.15, 0.2) is 17.2 Å². The standard InChI is InChI=1S/C8H7ClN2S/c1-2-3-6-12-8-5-4-7(9)10-11-8/h1,4-5H,3,6H2. The van der Waals surface area contributed by atoms with E-state index >= 15 is 0 Å². The second-order valence-electron chi connectivity index (χ2n) is 2.00. The quantitative estimate of drug-likeness (QED) is 0.423. The van der Waals surface area contributed by atoms with E-state index in [9.17, 15) is 0 Å². The zero-order valence-electron chi connectivity index (χ0n) is 6.33. The Hall–Kier alpha value is -0.720. The van der Waals surface area contributed by atoms with Crippen LogP contribution in [0.5, 0.6) is 0 Å². The summed E-state index contributed by atoms with van der Waals surface area (Å²) in [6, 6.07) is 3.54. The van der Waals surface area contributed by atoms with Gasteiger partial charge in [0.15, 0.2) is 5.15 Å². The van der Waals surface area contributed by atoms with Crippen LogP contribution >= 0.6 is 23.4 Å². The molecule has 0 radical (unpaired) electrons. The van der Waals surface area contributed by atoms with Crippen LogP contribution in [-0.2, 0) is 0 Å². The molecule has 2 nitrogen and oxygen atoms in total. The molecule has 0 saturated carbocycles. The van der Waals surface area contributed by atoms with E-state index < -0.39 is 0 Å². The van der Waals surface area contributed by atoms with E-state index in [0.717, 1.165) is 17.2 Å². The Kier molecular flexibility index (Phi) is 3.92. The molecule has 1 aromatic rings. The molecule has 0 saturated heterocycles. The fourth-order valence-corrected chi connectivity index (χ4v) is 1.39. The van der Waals surface area contributed by atoms with Gasteiger partial charge in [-0.3, -0.25) is 0 Å². The second kappa shape index (κ2) is 5.02. The third-order valence-corrected chi connectivity index (χ3v) is 2.23. The zero-order valence-corrected chi connectivity index (χ0v) is 7.90. The van der Waals surface area contributed by atoms with Gasteiger partial charge in [-0.05, 0) is 12.1 Å². The minimum Gasteiger partial charge on any atom is -0.143 e. The van der Waals surface area contributed by atoms with E-state index in [1.54, 1.807) is 17.8 Å². The van der Waals surface area contributed by atoms with Crippen molar-refractivity contribution in [3.05, 3.63) is 17.3 Å². The first-order chi connectivity index (χ1) is 5.83. The highest BCUT2D eigenvalue weighted by Crippen LogP contribution is 2.15. The third kappa shape index (κ3) is 3.12. The third-order valence-electron chi connectivity index (χ3n) is 1.10. The van der Waals surface area contributed by atoms with Crippen LogP contribution in [0.1, 0.15) is 6.42 Å². The molecule has 1 aromatic heterocycles. The molecular weight excluding hydrogens is 192 g/mol. The van der Waals surface area contributed by atoms with Crippen molar-refractivity contribution >= 4 is 23.4 Å². The summed E-state index contributed by atoms with van der Waals surface area (Å²) in [5.41, 5.74) is 0. The molecule has 0 spiro atoms. The highest BCUT2D eigenvalue weighted by Gasteiger charge is 1.95. The van der Waals surface area contributed by atoms with Gasteiger partial charge in [-0.15, -0.1) is 34.3 Å². The molecule has 0 fully saturated rings. The summed E-state index contributed by atoms with van der Waals surface area (Å²) >= 11 is 7.14. The van der Waals surface area contributed by atoms with E-state index in [1.807, 2.05) is 6.07 Å². The van der Waals surface area contributed by atoms with E-state index in [2.05, 4.69) is 16.1 Å². The average molecular weight is 199 g/mol. The number of nitrogens with zero attached hydrogens (tertiary/aromatic N) is 2. The Morgan fingerprint density at radius 1 is 1.50 bits per heavy atom. The lowest BCUT2D eigenvalue weighted by Crippen LogP contribution is -1.85. The number of hydrogen-bond acceptors (Lipinski definition) is 3. The molecule has 0 bridgehead atoms. The van der Waals surface area contributed by atoms with Crippen molar-refractivity contribution < 1.29 is 0 Å². The van der Waals surface area contributed by atoms with Crippen molar-refractivity contribution in [1.82, 2.24) is 10.2 Å². The minimum atomic E-state index is 0.413. The molecule has 0 N–H and O–H groups in total. The molecule has 1 rings (SSSR count). The lowest BCUT2D eigenvalue weighted by molar-refractivity contribution is 0.929. The summed E-state index contributed by atoms with van der Waals surface area (Å²) in [7, 11) is 0. The van der Waals surface area contributed by atoms with Crippen molar-refractivity contribution in [2.45, 2.75) is 11.4 Å². The summed E-state index contributed by atoms with van der Waals surface area (Å²) in [5, 5.41) is 8.83. The fraction of sp³-hybridized carbons (Fsp3) is 0.250. The van der Waals surface area contributed by atoms with Gasteiger partial charge in [0.25, 0.3) is 0 Å². The number of rotatable bonds is 3. The maximum Gasteiger partial charge on any atom is 0.151 e. The molecular formula is C8H7ClN2S. The number of terminal acetylenes is 1. The van der Waals surface area contributed by atoms with Crippen LogP contribution in [-0.4, -0.2) is 16.0 Å². The first kappa shape index (κ1) is 9.37. The summed E-state index contributed by atoms with van der Waals surface area (Å²) in [5.74, 6) is 3.42. The summed E-state index contributed by atoms with van der Waals surface area (Å²) < 4.78 is 0. The molecule has 0 aliphatic carbocycles. The molecule has 4 heteroatoms. The Balaban J connectivity index is 2.43. The van der Waals surface area contributed by atoms with Crippen LogP contribution in [0.2, 0.25) is 5.15 Å². The molecule has 12 heavy (non-hydrogen) atoms. The van der Waals surface area contributed by atoms with Crippen molar-refractivity contribution in [3.8, 4) is 12.3 Å². The van der Waals surface area contributed by atoms with Gasteiger partial charge in [0.1, 0.15) is 5.03 Å². The molecule has 0 atom stereocenters. The maximum atomic E-state index is 5.56. The largest absolute Gasteiger partial charge is 0.151 e. The van der Waals surface area contributed by atoms with Crippen molar-refractivity contribution in [2.24, 2.45) is 0 Å². The first-order valence-electron chi connectivity index (χ1n) is 3.38. The van der Waals surface area contributed by atoms with Gasteiger partial charge < -0.3 is 0 Å². The Labute approximate surface area is 80.7 Å². The van der Waals surface area contributed by atoms with Crippen LogP contribution in [0.3, 0.4) is 0 Å². The van der Waals surface area contributed by atoms with Crippen molar-refractivity contribution in [3.63, 3.8) is 0 Å². The maximum absolute atomic E-state index is 5.56. The van der Waals surface area contributed by atoms with E-state index in [4.69, 9.17) is 18.0 Å². The smallest absolute Gasteiger partial charge is 0.143 e. The number of aromatic nitrogens is 2. The van der Waals surface area contributed by atoms with E-state index in [0.29, 0.717) is 5.15 Å². The van der Waals surface area contributed by atoms with Gasteiger partial charge in [-0.1, -0.05) is 11.6 Å². The minimum absolute atomic E-state index is 0.413. The molecule has 0 aromatic carbocycles. The predicted molar refractivity (Wildman–Crippen MR) is 51.2 cm³/mol. The topological polar surface area (TPSA) is 25.8 Å². The van der Waals surface area contributed by atoms with Crippen LogP contribution in [0.4, 0.5) is 0 Å². The molecule has 1 heterocycles. The second-order valence-corrected chi connectivity index (χ2v) is 3.50. The van der Waals surface area contributed by atoms with Crippen LogP contribution < -0.4 is 0 Å². The van der Waals surface area contributed by atoms with E-state index in [1.165, 1.54) is 0 Å². The lowest BCUT2D eigenvalue weighted by Gasteiger charge is -1.95. The predicted octanol–water partition coefficient (Wildman–Crippen LogP) is 2.25. The SMILES string of the molecule is C#CCCSc1ccc(Cl)nn1. The Morgan fingerprint density at radius 2 is 2.33 bits per heavy atom. The van der Waals surface area contributed by atoms with Gasteiger partial charge in [-0.2, -0.15) is 0 Å².